The molecule has 0 radical (unpaired) electrons. The fraction of sp³-hybridized carbons (Fsp3) is 0.500. The third-order valence-corrected chi connectivity index (χ3v) is 6.36. The summed E-state index contributed by atoms with van der Waals surface area (Å²) in [7, 11) is -1.94. The molecule has 1 aliphatic heterocycles. The van der Waals surface area contributed by atoms with Gasteiger partial charge in [0.2, 0.25) is 10.0 Å². The fourth-order valence-electron chi connectivity index (χ4n) is 2.30. The van der Waals surface area contributed by atoms with Gasteiger partial charge in [-0.05, 0) is 24.4 Å². The van der Waals surface area contributed by atoms with Crippen molar-refractivity contribution in [3.63, 3.8) is 0 Å². The second-order valence-corrected chi connectivity index (χ2v) is 7.75. The van der Waals surface area contributed by atoms with Gasteiger partial charge in [-0.15, -0.1) is 0 Å². The number of sulfonamides is 1. The van der Waals surface area contributed by atoms with Gasteiger partial charge in [-0.25, -0.2) is 8.42 Å². The SMILES string of the molecule is COCCNC(=S)N1CCN(S(=O)(=O)c2ccccc2Cl)CC1. The molecule has 1 aromatic carbocycles. The number of hydrogen-bond donors (Lipinski definition) is 1. The summed E-state index contributed by atoms with van der Waals surface area (Å²) in [6.45, 7) is 3.04. The Labute approximate surface area is 147 Å². The molecular weight excluding hydrogens is 358 g/mol. The van der Waals surface area contributed by atoms with Crippen LogP contribution >= 0.6 is 23.8 Å². The molecule has 0 unspecified atom stereocenters. The van der Waals surface area contributed by atoms with Crippen LogP contribution in [-0.4, -0.2) is 69.2 Å². The molecule has 0 atom stereocenters. The summed E-state index contributed by atoms with van der Waals surface area (Å²) in [5, 5.41) is 3.96. The Kier molecular flexibility index (Phi) is 6.60. The van der Waals surface area contributed by atoms with Crippen molar-refractivity contribution in [1.29, 1.82) is 0 Å². The maximum absolute atomic E-state index is 12.7. The summed E-state index contributed by atoms with van der Waals surface area (Å²) in [4.78, 5) is 2.11. The number of benzene rings is 1. The molecule has 9 heteroatoms. The number of halogens is 1. The van der Waals surface area contributed by atoms with Crippen LogP contribution in [0, 0.1) is 0 Å². The Morgan fingerprint density at radius 2 is 1.96 bits per heavy atom. The normalized spacial score (nSPS) is 16.3. The van der Waals surface area contributed by atoms with E-state index in [2.05, 4.69) is 5.32 Å². The molecule has 1 N–H and O–H groups in total. The summed E-state index contributed by atoms with van der Waals surface area (Å²) in [6, 6.07) is 6.49. The van der Waals surface area contributed by atoms with Crippen molar-refractivity contribution in [2.24, 2.45) is 0 Å². The second-order valence-electron chi connectivity index (χ2n) is 5.05. The number of methoxy groups -OCH3 is 1. The molecule has 0 bridgehead atoms. The Morgan fingerprint density at radius 1 is 1.30 bits per heavy atom. The minimum atomic E-state index is -3.57. The van der Waals surface area contributed by atoms with Gasteiger partial charge in [-0.2, -0.15) is 4.31 Å². The molecule has 0 aromatic heterocycles. The molecule has 23 heavy (non-hydrogen) atoms. The highest BCUT2D eigenvalue weighted by molar-refractivity contribution is 7.89. The maximum Gasteiger partial charge on any atom is 0.244 e. The van der Waals surface area contributed by atoms with Gasteiger partial charge in [0, 0.05) is 39.8 Å². The van der Waals surface area contributed by atoms with E-state index in [1.165, 1.54) is 10.4 Å². The summed E-state index contributed by atoms with van der Waals surface area (Å²) in [5.41, 5.74) is 0. The van der Waals surface area contributed by atoms with E-state index in [1.54, 1.807) is 25.3 Å². The van der Waals surface area contributed by atoms with Gasteiger partial charge >= 0.3 is 0 Å². The number of piperazine rings is 1. The first-order valence-electron chi connectivity index (χ1n) is 7.23. The number of nitrogens with one attached hydrogen (secondary N) is 1. The average molecular weight is 378 g/mol. The zero-order valence-electron chi connectivity index (χ0n) is 12.9. The third kappa shape index (κ3) is 4.54. The number of ether oxygens (including phenoxy) is 1. The van der Waals surface area contributed by atoms with Gasteiger partial charge in [0.25, 0.3) is 0 Å². The van der Waals surface area contributed by atoms with E-state index in [0.717, 1.165) is 0 Å². The van der Waals surface area contributed by atoms with Gasteiger partial charge in [-0.3, -0.25) is 0 Å². The van der Waals surface area contributed by atoms with E-state index in [4.69, 9.17) is 28.6 Å². The molecule has 0 saturated carbocycles. The van der Waals surface area contributed by atoms with Crippen LogP contribution in [0.25, 0.3) is 0 Å². The number of rotatable bonds is 5. The van der Waals surface area contributed by atoms with Crippen LogP contribution in [0.2, 0.25) is 5.02 Å². The first kappa shape index (κ1) is 18.4. The average Bonchev–Trinajstić information content (AvgIpc) is 2.55. The Hall–Kier alpha value is -0.930. The van der Waals surface area contributed by atoms with E-state index in [1.807, 2.05) is 4.90 Å². The summed E-state index contributed by atoms with van der Waals surface area (Å²) >= 11 is 11.3. The van der Waals surface area contributed by atoms with Crippen LogP contribution in [0.3, 0.4) is 0 Å². The minimum absolute atomic E-state index is 0.149. The van der Waals surface area contributed by atoms with E-state index in [0.29, 0.717) is 44.4 Å². The minimum Gasteiger partial charge on any atom is -0.383 e. The van der Waals surface area contributed by atoms with Crippen molar-refractivity contribution in [1.82, 2.24) is 14.5 Å². The molecule has 1 heterocycles. The number of hydrogen-bond acceptors (Lipinski definition) is 4. The highest BCUT2D eigenvalue weighted by Gasteiger charge is 2.30. The molecule has 2 rings (SSSR count). The van der Waals surface area contributed by atoms with Crippen LogP contribution in [-0.2, 0) is 14.8 Å². The lowest BCUT2D eigenvalue weighted by molar-refractivity contribution is 0.201. The molecule has 1 fully saturated rings. The summed E-state index contributed by atoms with van der Waals surface area (Å²) < 4.78 is 31.7. The molecule has 1 saturated heterocycles. The first-order valence-corrected chi connectivity index (χ1v) is 9.46. The lowest BCUT2D eigenvalue weighted by Gasteiger charge is -2.35. The second kappa shape index (κ2) is 8.25. The van der Waals surface area contributed by atoms with Gasteiger partial charge in [0.1, 0.15) is 4.90 Å². The maximum atomic E-state index is 12.7. The predicted octanol–water partition coefficient (Wildman–Crippen LogP) is 1.17. The smallest absolute Gasteiger partial charge is 0.244 e. The topological polar surface area (TPSA) is 61.9 Å². The monoisotopic (exact) mass is 377 g/mol. The van der Waals surface area contributed by atoms with Crippen molar-refractivity contribution in [3.8, 4) is 0 Å². The molecule has 1 aliphatic rings. The zero-order valence-corrected chi connectivity index (χ0v) is 15.3. The van der Waals surface area contributed by atoms with Gasteiger partial charge < -0.3 is 15.0 Å². The molecule has 0 aliphatic carbocycles. The Morgan fingerprint density at radius 3 is 2.57 bits per heavy atom. The van der Waals surface area contributed by atoms with Crippen LogP contribution in [0.15, 0.2) is 29.2 Å². The summed E-state index contributed by atoms with van der Waals surface area (Å²) in [6.07, 6.45) is 0. The van der Waals surface area contributed by atoms with Crippen LogP contribution in [0.5, 0.6) is 0 Å². The molecule has 1 aromatic rings. The number of nitrogens with zero attached hydrogens (tertiary/aromatic N) is 2. The van der Waals surface area contributed by atoms with Crippen LogP contribution in [0.4, 0.5) is 0 Å². The molecule has 6 nitrogen and oxygen atoms in total. The Balaban J connectivity index is 1.96. The van der Waals surface area contributed by atoms with Gasteiger partial charge in [0.15, 0.2) is 5.11 Å². The number of thiocarbonyl (C=S) groups is 1. The predicted molar refractivity (Wildman–Crippen MR) is 94.3 cm³/mol. The highest BCUT2D eigenvalue weighted by Crippen LogP contribution is 2.24. The molecule has 0 amide bonds. The van der Waals surface area contributed by atoms with Crippen LogP contribution in [0.1, 0.15) is 0 Å². The van der Waals surface area contributed by atoms with Crippen molar-refractivity contribution in [3.05, 3.63) is 29.3 Å². The quantitative estimate of drug-likeness (QED) is 0.614. The third-order valence-electron chi connectivity index (χ3n) is 3.56. The fourth-order valence-corrected chi connectivity index (χ4v) is 4.50. The standard InChI is InChI=1S/C14H20ClN3O3S2/c1-21-11-6-16-14(22)17-7-9-18(10-8-17)23(19,20)13-5-3-2-4-12(13)15/h2-5H,6-11H2,1H3,(H,16,22). The van der Waals surface area contributed by atoms with Gasteiger partial charge in [0.05, 0.1) is 11.6 Å². The molecule has 0 spiro atoms. The molecule has 128 valence electrons. The van der Waals surface area contributed by atoms with Crippen molar-refractivity contribution >= 4 is 39.0 Å². The summed E-state index contributed by atoms with van der Waals surface area (Å²) in [5.74, 6) is 0. The van der Waals surface area contributed by atoms with E-state index in [9.17, 15) is 8.42 Å². The highest BCUT2D eigenvalue weighted by atomic mass is 35.5. The van der Waals surface area contributed by atoms with E-state index >= 15 is 0 Å². The van der Waals surface area contributed by atoms with E-state index in [-0.39, 0.29) is 9.92 Å². The van der Waals surface area contributed by atoms with Crippen molar-refractivity contribution in [2.75, 3.05) is 46.4 Å². The van der Waals surface area contributed by atoms with Crippen molar-refractivity contribution < 1.29 is 13.2 Å². The van der Waals surface area contributed by atoms with Gasteiger partial charge in [-0.1, -0.05) is 23.7 Å². The lowest BCUT2D eigenvalue weighted by Crippen LogP contribution is -2.53. The van der Waals surface area contributed by atoms with Crippen molar-refractivity contribution in [2.45, 2.75) is 4.90 Å². The first-order chi connectivity index (χ1) is 11.0. The largest absolute Gasteiger partial charge is 0.383 e. The lowest BCUT2D eigenvalue weighted by atomic mass is 10.4. The van der Waals surface area contributed by atoms with E-state index < -0.39 is 10.0 Å². The molecular formula is C14H20ClN3O3S2. The Bertz CT molecular complexity index is 646. The zero-order chi connectivity index (χ0) is 16.9. The van der Waals surface area contributed by atoms with Crippen LogP contribution < -0.4 is 5.32 Å².